The number of anilines is 1. The first kappa shape index (κ1) is 24.1. The van der Waals surface area contributed by atoms with Gasteiger partial charge in [-0.3, -0.25) is 14.5 Å². The highest BCUT2D eigenvalue weighted by Gasteiger charge is 2.20. The van der Waals surface area contributed by atoms with Crippen LogP contribution in [-0.4, -0.2) is 60.1 Å². The van der Waals surface area contributed by atoms with Gasteiger partial charge in [-0.2, -0.15) is 0 Å². The fourth-order valence-electron chi connectivity index (χ4n) is 3.84. The topological polar surface area (TPSA) is 52.7 Å². The molecule has 0 atom stereocenters. The van der Waals surface area contributed by atoms with Gasteiger partial charge in [0.15, 0.2) is 0 Å². The van der Waals surface area contributed by atoms with Crippen molar-refractivity contribution in [2.75, 3.05) is 43.8 Å². The van der Waals surface area contributed by atoms with Crippen molar-refractivity contribution in [3.05, 3.63) is 70.6 Å². The number of hydrogen-bond acceptors (Lipinski definition) is 4. The summed E-state index contributed by atoms with van der Waals surface area (Å²) in [6.07, 6.45) is 3.50. The van der Waals surface area contributed by atoms with Crippen LogP contribution < -0.4 is 5.32 Å². The summed E-state index contributed by atoms with van der Waals surface area (Å²) < 4.78 is 0. The minimum absolute atomic E-state index is 0.00350. The number of rotatable bonds is 8. The normalized spacial score (nSPS) is 15.0. The predicted molar refractivity (Wildman–Crippen MR) is 135 cm³/mol. The molecular weight excluding hydrogens is 418 g/mol. The molecule has 2 aromatic carbocycles. The van der Waals surface area contributed by atoms with Gasteiger partial charge in [0.1, 0.15) is 0 Å². The Balaban J connectivity index is 1.39. The number of para-hydroxylation sites is 1. The number of carbonyl (C=O) groups is 2. The zero-order valence-electron chi connectivity index (χ0n) is 19.0. The molecule has 0 aliphatic carbocycles. The zero-order valence-corrected chi connectivity index (χ0v) is 19.9. The van der Waals surface area contributed by atoms with Crippen LogP contribution in [0.1, 0.15) is 29.5 Å². The quantitative estimate of drug-likeness (QED) is 0.598. The fourth-order valence-corrected chi connectivity index (χ4v) is 4.52. The van der Waals surface area contributed by atoms with Crippen molar-refractivity contribution in [3.63, 3.8) is 0 Å². The van der Waals surface area contributed by atoms with Crippen LogP contribution in [0.15, 0.2) is 53.9 Å². The van der Waals surface area contributed by atoms with Crippen LogP contribution in [0, 0.1) is 13.8 Å². The van der Waals surface area contributed by atoms with E-state index in [9.17, 15) is 9.59 Å². The molecule has 1 heterocycles. The number of thioether (sulfide) groups is 1. The van der Waals surface area contributed by atoms with Gasteiger partial charge in [-0.25, -0.2) is 0 Å². The van der Waals surface area contributed by atoms with Gasteiger partial charge in [0, 0.05) is 44.0 Å². The van der Waals surface area contributed by atoms with Crippen LogP contribution in [0.4, 0.5) is 5.69 Å². The molecule has 2 aromatic rings. The van der Waals surface area contributed by atoms with E-state index < -0.39 is 0 Å². The van der Waals surface area contributed by atoms with E-state index >= 15 is 0 Å². The first-order chi connectivity index (χ1) is 15.5. The Hall–Kier alpha value is -2.57. The molecule has 0 bridgehead atoms. The minimum Gasteiger partial charge on any atom is -0.341 e. The summed E-state index contributed by atoms with van der Waals surface area (Å²) in [5.74, 6) is 0.983. The summed E-state index contributed by atoms with van der Waals surface area (Å²) in [6.45, 7) is 7.38. The lowest BCUT2D eigenvalue weighted by Gasteiger charge is -2.22. The Kier molecular flexibility index (Phi) is 9.38. The number of nitrogens with zero attached hydrogens (tertiary/aromatic N) is 2. The summed E-state index contributed by atoms with van der Waals surface area (Å²) in [7, 11) is 0. The van der Waals surface area contributed by atoms with Gasteiger partial charge in [-0.05, 0) is 48.4 Å². The molecule has 1 aliphatic heterocycles. The Morgan fingerprint density at radius 3 is 2.47 bits per heavy atom. The van der Waals surface area contributed by atoms with E-state index in [4.69, 9.17) is 0 Å². The third kappa shape index (κ3) is 7.53. The average molecular weight is 452 g/mol. The van der Waals surface area contributed by atoms with Gasteiger partial charge in [0.05, 0.1) is 6.54 Å². The number of benzene rings is 2. The highest BCUT2D eigenvalue weighted by molar-refractivity contribution is 8.02. The van der Waals surface area contributed by atoms with Crippen molar-refractivity contribution < 1.29 is 9.59 Å². The predicted octanol–water partition coefficient (Wildman–Crippen LogP) is 4.57. The Labute approximate surface area is 195 Å². The molecule has 1 fully saturated rings. The molecule has 3 rings (SSSR count). The van der Waals surface area contributed by atoms with Crippen molar-refractivity contribution in [2.24, 2.45) is 0 Å². The minimum atomic E-state index is 0.00350. The first-order valence-electron chi connectivity index (χ1n) is 11.2. The summed E-state index contributed by atoms with van der Waals surface area (Å²) in [6, 6.07) is 16.2. The molecule has 170 valence electrons. The van der Waals surface area contributed by atoms with Gasteiger partial charge in [-0.1, -0.05) is 48.5 Å². The molecule has 0 saturated carbocycles. The van der Waals surface area contributed by atoms with E-state index in [1.165, 1.54) is 5.56 Å². The lowest BCUT2D eigenvalue weighted by molar-refractivity contribution is -0.130. The van der Waals surface area contributed by atoms with Crippen molar-refractivity contribution in [1.82, 2.24) is 9.80 Å². The largest absolute Gasteiger partial charge is 0.341 e. The van der Waals surface area contributed by atoms with Crippen LogP contribution in [0.3, 0.4) is 0 Å². The molecule has 1 N–H and O–H groups in total. The Morgan fingerprint density at radius 1 is 0.969 bits per heavy atom. The van der Waals surface area contributed by atoms with Crippen LogP contribution in [-0.2, 0) is 9.59 Å². The monoisotopic (exact) mass is 451 g/mol. The van der Waals surface area contributed by atoms with Gasteiger partial charge < -0.3 is 10.2 Å². The summed E-state index contributed by atoms with van der Waals surface area (Å²) >= 11 is 1.67. The van der Waals surface area contributed by atoms with Gasteiger partial charge in [-0.15, -0.1) is 11.8 Å². The SMILES string of the molecule is Cc1cccc(C)c1NC(=O)CN1CCCN(C(=O)CCSC=Cc2ccccc2)CC1. The number of amides is 2. The molecule has 5 nitrogen and oxygen atoms in total. The zero-order chi connectivity index (χ0) is 22.8. The molecule has 0 unspecified atom stereocenters. The lowest BCUT2D eigenvalue weighted by Crippen LogP contribution is -2.38. The number of carbonyl (C=O) groups excluding carboxylic acids is 2. The van der Waals surface area contributed by atoms with Crippen LogP contribution in [0.2, 0.25) is 0 Å². The second-order valence-corrected chi connectivity index (χ2v) is 9.17. The van der Waals surface area contributed by atoms with E-state index in [0.717, 1.165) is 48.6 Å². The standard InChI is InChI=1S/C26H33N3O2S/c1-21-8-6-9-22(2)26(21)27-24(30)20-28-14-7-15-29(17-16-28)25(31)13-19-32-18-12-23-10-4-3-5-11-23/h3-6,8-12,18H,7,13-17,19-20H2,1-2H3,(H,27,30). The van der Waals surface area contributed by atoms with Crippen molar-refractivity contribution in [2.45, 2.75) is 26.7 Å². The number of aryl methyl sites for hydroxylation is 2. The molecule has 1 aliphatic rings. The smallest absolute Gasteiger partial charge is 0.238 e. The van der Waals surface area contributed by atoms with Crippen molar-refractivity contribution in [3.8, 4) is 0 Å². The van der Waals surface area contributed by atoms with E-state index in [-0.39, 0.29) is 11.8 Å². The fraction of sp³-hybridized carbons (Fsp3) is 0.385. The highest BCUT2D eigenvalue weighted by Crippen LogP contribution is 2.19. The Morgan fingerprint density at radius 2 is 1.72 bits per heavy atom. The van der Waals surface area contributed by atoms with Crippen molar-refractivity contribution >= 4 is 35.3 Å². The molecule has 0 radical (unpaired) electrons. The molecule has 1 saturated heterocycles. The maximum atomic E-state index is 12.6. The first-order valence-corrected chi connectivity index (χ1v) is 12.3. The van der Waals surface area contributed by atoms with E-state index in [2.05, 4.69) is 33.8 Å². The van der Waals surface area contributed by atoms with Crippen LogP contribution in [0.25, 0.3) is 6.08 Å². The summed E-state index contributed by atoms with van der Waals surface area (Å²) in [4.78, 5) is 29.3. The van der Waals surface area contributed by atoms with Gasteiger partial charge in [0.25, 0.3) is 0 Å². The van der Waals surface area contributed by atoms with Gasteiger partial charge in [0.2, 0.25) is 11.8 Å². The van der Waals surface area contributed by atoms with E-state index in [1.54, 1.807) is 11.8 Å². The van der Waals surface area contributed by atoms with E-state index in [1.807, 2.05) is 55.1 Å². The molecule has 0 spiro atoms. The summed E-state index contributed by atoms with van der Waals surface area (Å²) in [5.41, 5.74) is 4.22. The highest BCUT2D eigenvalue weighted by atomic mass is 32.2. The second kappa shape index (κ2) is 12.5. The molecule has 2 amide bonds. The second-order valence-electron chi connectivity index (χ2n) is 8.16. The van der Waals surface area contributed by atoms with Crippen LogP contribution in [0.5, 0.6) is 0 Å². The third-order valence-electron chi connectivity index (χ3n) is 5.64. The maximum Gasteiger partial charge on any atom is 0.238 e. The van der Waals surface area contributed by atoms with Crippen molar-refractivity contribution in [1.29, 1.82) is 0 Å². The molecular formula is C26H33N3O2S. The molecule has 32 heavy (non-hydrogen) atoms. The molecule has 0 aromatic heterocycles. The lowest BCUT2D eigenvalue weighted by atomic mass is 10.1. The van der Waals surface area contributed by atoms with E-state index in [0.29, 0.717) is 19.5 Å². The maximum absolute atomic E-state index is 12.6. The summed E-state index contributed by atoms with van der Waals surface area (Å²) in [5, 5.41) is 5.12. The molecule has 6 heteroatoms. The van der Waals surface area contributed by atoms with Crippen LogP contribution >= 0.6 is 11.8 Å². The average Bonchev–Trinajstić information content (AvgIpc) is 3.02. The number of nitrogens with one attached hydrogen (secondary N) is 1. The van der Waals surface area contributed by atoms with Gasteiger partial charge >= 0.3 is 0 Å². The third-order valence-corrected chi connectivity index (χ3v) is 6.41. The number of hydrogen-bond donors (Lipinski definition) is 1. The Bertz CT molecular complexity index is 910.